The lowest BCUT2D eigenvalue weighted by molar-refractivity contribution is 0.0713. The van der Waals surface area contributed by atoms with Crippen molar-refractivity contribution in [1.82, 2.24) is 5.01 Å². The number of carbonyl (C=O) groups excluding carboxylic acids is 1. The molecule has 0 saturated carbocycles. The van der Waals surface area contributed by atoms with Crippen LogP contribution in [0.2, 0.25) is 0 Å². The van der Waals surface area contributed by atoms with Crippen LogP contribution in [0.1, 0.15) is 33.3 Å². The number of hydrogen-bond acceptors (Lipinski definition) is 5. The molecule has 1 N–H and O–H groups in total. The monoisotopic (exact) mass is 443 g/mol. The average molecular weight is 444 g/mol. The van der Waals surface area contributed by atoms with Crippen molar-refractivity contribution in [2.45, 2.75) is 12.5 Å². The number of benzene rings is 2. The smallest absolute Gasteiger partial charge is 0.274 e. The zero-order chi connectivity index (χ0) is 21.3. The van der Waals surface area contributed by atoms with E-state index in [1.165, 1.54) is 34.5 Å². The van der Waals surface area contributed by atoms with Crippen LogP contribution in [0.15, 0.2) is 71.1 Å². The van der Waals surface area contributed by atoms with Crippen molar-refractivity contribution in [3.63, 3.8) is 0 Å². The molecule has 6 nitrogen and oxygen atoms in total. The Morgan fingerprint density at radius 2 is 1.97 bits per heavy atom. The number of halogens is 1. The van der Waals surface area contributed by atoms with E-state index in [1.54, 1.807) is 24.3 Å². The van der Waals surface area contributed by atoms with Gasteiger partial charge in [0, 0.05) is 22.5 Å². The highest BCUT2D eigenvalue weighted by Gasteiger charge is 2.34. The van der Waals surface area contributed by atoms with E-state index in [9.17, 15) is 17.6 Å². The Balaban J connectivity index is 1.70. The van der Waals surface area contributed by atoms with Crippen molar-refractivity contribution in [1.29, 1.82) is 0 Å². The van der Waals surface area contributed by atoms with E-state index in [1.807, 2.05) is 23.6 Å². The minimum absolute atomic E-state index is 0.217. The number of sulfonamides is 1. The summed E-state index contributed by atoms with van der Waals surface area (Å²) in [5.41, 5.74) is 1.99. The molecule has 0 spiro atoms. The molecule has 154 valence electrons. The highest BCUT2D eigenvalue weighted by atomic mass is 32.2. The van der Waals surface area contributed by atoms with E-state index in [0.717, 1.165) is 11.1 Å². The summed E-state index contributed by atoms with van der Waals surface area (Å²) in [4.78, 5) is 14.1. The fourth-order valence-corrected chi connectivity index (χ4v) is 4.67. The number of hydrogen-bond donors (Lipinski definition) is 1. The van der Waals surface area contributed by atoms with Crippen LogP contribution in [0.4, 0.5) is 10.1 Å². The van der Waals surface area contributed by atoms with Gasteiger partial charge in [-0.1, -0.05) is 24.3 Å². The van der Waals surface area contributed by atoms with Gasteiger partial charge in [-0.2, -0.15) is 5.10 Å². The number of anilines is 1. The van der Waals surface area contributed by atoms with Gasteiger partial charge in [-0.25, -0.2) is 17.8 Å². The summed E-state index contributed by atoms with van der Waals surface area (Å²) in [6.45, 7) is 0. The van der Waals surface area contributed by atoms with E-state index in [-0.39, 0.29) is 11.6 Å². The summed E-state index contributed by atoms with van der Waals surface area (Å²) >= 11 is 1.51. The maximum absolute atomic E-state index is 13.6. The molecule has 2 heterocycles. The van der Waals surface area contributed by atoms with Gasteiger partial charge < -0.3 is 0 Å². The number of carbonyl (C=O) groups is 1. The minimum Gasteiger partial charge on any atom is -0.284 e. The van der Waals surface area contributed by atoms with E-state index in [2.05, 4.69) is 9.82 Å². The maximum Gasteiger partial charge on any atom is 0.274 e. The summed E-state index contributed by atoms with van der Waals surface area (Å²) in [6.07, 6.45) is 1.54. The molecule has 3 aromatic rings. The molecule has 0 saturated heterocycles. The summed E-state index contributed by atoms with van der Waals surface area (Å²) in [5, 5.41) is 7.85. The third-order valence-corrected chi connectivity index (χ3v) is 6.14. The lowest BCUT2D eigenvalue weighted by Gasteiger charge is -2.20. The molecule has 0 fully saturated rings. The highest BCUT2D eigenvalue weighted by Crippen LogP contribution is 2.36. The number of amides is 1. The van der Waals surface area contributed by atoms with Crippen LogP contribution in [0, 0.1) is 5.82 Å². The predicted molar refractivity (Wildman–Crippen MR) is 116 cm³/mol. The Kier molecular flexibility index (Phi) is 5.40. The summed E-state index contributed by atoms with van der Waals surface area (Å²) in [7, 11) is -3.42. The van der Waals surface area contributed by atoms with Crippen molar-refractivity contribution in [2.24, 2.45) is 5.10 Å². The first-order valence-corrected chi connectivity index (χ1v) is 11.9. The van der Waals surface area contributed by atoms with Gasteiger partial charge in [0.25, 0.3) is 5.91 Å². The number of hydrazone groups is 1. The zero-order valence-corrected chi connectivity index (χ0v) is 17.6. The standard InChI is InChI=1S/C21H18FN3O3S2/c1-30(27,28)24-17-8-3-5-14(12-17)18-13-19(20-9-4-10-29-20)25(23-18)21(26)15-6-2-7-16(22)11-15/h2-12,19,24H,13H2,1H3/t19-/m0/s1. The van der Waals surface area contributed by atoms with Crippen LogP contribution in [0.25, 0.3) is 0 Å². The van der Waals surface area contributed by atoms with E-state index in [4.69, 9.17) is 0 Å². The zero-order valence-electron chi connectivity index (χ0n) is 15.9. The minimum atomic E-state index is -3.42. The molecule has 1 amide bonds. The van der Waals surface area contributed by atoms with E-state index < -0.39 is 21.7 Å². The molecule has 30 heavy (non-hydrogen) atoms. The molecule has 9 heteroatoms. The topological polar surface area (TPSA) is 78.8 Å². The van der Waals surface area contributed by atoms with Crippen LogP contribution in [-0.4, -0.2) is 31.3 Å². The second kappa shape index (κ2) is 8.00. The molecule has 1 atom stereocenters. The van der Waals surface area contributed by atoms with Gasteiger partial charge >= 0.3 is 0 Å². The van der Waals surface area contributed by atoms with Crippen LogP contribution >= 0.6 is 11.3 Å². The molecule has 0 unspecified atom stereocenters. The van der Waals surface area contributed by atoms with Crippen molar-refractivity contribution >= 4 is 38.7 Å². The third-order valence-electron chi connectivity index (χ3n) is 4.56. The molecule has 1 aliphatic rings. The summed E-state index contributed by atoms with van der Waals surface area (Å²) < 4.78 is 39.2. The van der Waals surface area contributed by atoms with Crippen LogP contribution in [-0.2, 0) is 10.0 Å². The Morgan fingerprint density at radius 3 is 2.67 bits per heavy atom. The largest absolute Gasteiger partial charge is 0.284 e. The van der Waals surface area contributed by atoms with Crippen molar-refractivity contribution in [3.05, 3.63) is 87.9 Å². The normalized spacial score (nSPS) is 16.4. The maximum atomic E-state index is 13.6. The van der Waals surface area contributed by atoms with Gasteiger partial charge in [-0.15, -0.1) is 11.3 Å². The molecule has 4 rings (SSSR count). The molecule has 0 radical (unpaired) electrons. The second-order valence-corrected chi connectivity index (χ2v) is 9.62. The van der Waals surface area contributed by atoms with Crippen molar-refractivity contribution < 1.29 is 17.6 Å². The van der Waals surface area contributed by atoms with Gasteiger partial charge in [-0.3, -0.25) is 9.52 Å². The van der Waals surface area contributed by atoms with Gasteiger partial charge in [0.1, 0.15) is 5.82 Å². The molecular weight excluding hydrogens is 425 g/mol. The molecule has 0 bridgehead atoms. The lowest BCUT2D eigenvalue weighted by Crippen LogP contribution is -2.26. The molecular formula is C21H18FN3O3S2. The summed E-state index contributed by atoms with van der Waals surface area (Å²) in [5.74, 6) is -0.884. The number of nitrogens with zero attached hydrogens (tertiary/aromatic N) is 2. The summed E-state index contributed by atoms with van der Waals surface area (Å²) in [6, 6.07) is 15.9. The number of nitrogens with one attached hydrogen (secondary N) is 1. The first-order chi connectivity index (χ1) is 14.3. The average Bonchev–Trinajstić information content (AvgIpc) is 3.36. The Bertz CT molecular complexity index is 1220. The van der Waals surface area contributed by atoms with Gasteiger partial charge in [0.2, 0.25) is 10.0 Å². The SMILES string of the molecule is CS(=O)(=O)Nc1cccc(C2=NN(C(=O)c3cccc(F)c3)[C@H](c3cccs3)C2)c1. The lowest BCUT2D eigenvalue weighted by atomic mass is 10.0. The Hall–Kier alpha value is -3.04. The van der Waals surface area contributed by atoms with Gasteiger partial charge in [0.15, 0.2) is 0 Å². The van der Waals surface area contributed by atoms with E-state index >= 15 is 0 Å². The molecule has 1 aliphatic heterocycles. The van der Waals surface area contributed by atoms with E-state index in [0.29, 0.717) is 23.4 Å². The fourth-order valence-electron chi connectivity index (χ4n) is 3.30. The second-order valence-electron chi connectivity index (χ2n) is 6.90. The Morgan fingerprint density at radius 1 is 1.17 bits per heavy atom. The first kappa shape index (κ1) is 20.2. The predicted octanol–water partition coefficient (Wildman–Crippen LogP) is 4.25. The van der Waals surface area contributed by atoms with Crippen molar-refractivity contribution in [2.75, 3.05) is 11.0 Å². The third kappa shape index (κ3) is 4.42. The quantitative estimate of drug-likeness (QED) is 0.640. The molecule has 2 aromatic carbocycles. The Labute approximate surface area is 177 Å². The fraction of sp³-hybridized carbons (Fsp3) is 0.143. The number of rotatable bonds is 5. The molecule has 1 aromatic heterocycles. The van der Waals surface area contributed by atoms with Gasteiger partial charge in [0.05, 0.1) is 18.0 Å². The van der Waals surface area contributed by atoms with Gasteiger partial charge in [-0.05, 0) is 47.3 Å². The van der Waals surface area contributed by atoms with Crippen LogP contribution < -0.4 is 4.72 Å². The van der Waals surface area contributed by atoms with Crippen LogP contribution in [0.3, 0.4) is 0 Å². The van der Waals surface area contributed by atoms with Crippen LogP contribution in [0.5, 0.6) is 0 Å². The first-order valence-electron chi connectivity index (χ1n) is 9.08. The highest BCUT2D eigenvalue weighted by molar-refractivity contribution is 7.92. The molecule has 0 aliphatic carbocycles. The van der Waals surface area contributed by atoms with Crippen molar-refractivity contribution in [3.8, 4) is 0 Å². The number of thiophene rings is 1.